The second-order valence-corrected chi connectivity index (χ2v) is 16.4. The van der Waals surface area contributed by atoms with E-state index in [1.54, 1.807) is 30.3 Å². The Morgan fingerprint density at radius 3 is 2.39 bits per heavy atom. The van der Waals surface area contributed by atoms with Gasteiger partial charge in [-0.15, -0.1) is 0 Å². The van der Waals surface area contributed by atoms with Gasteiger partial charge in [-0.1, -0.05) is 70.6 Å². The number of carboxylic acids is 1. The van der Waals surface area contributed by atoms with E-state index in [4.69, 9.17) is 4.74 Å². The number of phenolic OH excluding ortho intramolecular Hbond substituents is 1. The normalized spacial score (nSPS) is 45.1. The molecule has 0 aliphatic heterocycles. The molecule has 250 valence electrons. The quantitative estimate of drug-likeness (QED) is 0.158. The van der Waals surface area contributed by atoms with Crippen LogP contribution in [0, 0.1) is 50.7 Å². The van der Waals surface area contributed by atoms with Gasteiger partial charge in [0.15, 0.2) is 0 Å². The Morgan fingerprint density at radius 1 is 1.02 bits per heavy atom. The molecule has 0 amide bonds. The number of carbonyl (C=O) groups is 2. The van der Waals surface area contributed by atoms with Gasteiger partial charge in [0.1, 0.15) is 5.75 Å². The second kappa shape index (κ2) is 11.1. The van der Waals surface area contributed by atoms with Gasteiger partial charge in [-0.05, 0) is 109 Å². The first kappa shape index (κ1) is 33.0. The van der Waals surface area contributed by atoms with Gasteiger partial charge in [-0.3, -0.25) is 4.79 Å². The van der Waals surface area contributed by atoms with Crippen LogP contribution in [0.15, 0.2) is 54.1 Å². The molecule has 6 rings (SSSR count). The average molecular weight is 633 g/mol. The summed E-state index contributed by atoms with van der Waals surface area (Å²) in [5, 5.41) is 43.1. The SMILES string of the molecule is C=C1CC[C@]2(C(=O)O)CC[C@]3(C)C(=CC[C@@H]4[C@@]5(C)C[C@@H](O)[C@H](O)[C@@](C)(COC(=O)/C=C\c6ccc(O)cc6)[C@@H]5CC[C@]43C)[C@@H]2[C@H]1C. The van der Waals surface area contributed by atoms with Crippen molar-refractivity contribution in [3.05, 3.63) is 59.7 Å². The third-order valence-electron chi connectivity index (χ3n) is 14.6. The Morgan fingerprint density at radius 2 is 1.72 bits per heavy atom. The maximum Gasteiger partial charge on any atom is 0.330 e. The zero-order valence-corrected chi connectivity index (χ0v) is 28.1. The number of esters is 1. The lowest BCUT2D eigenvalue weighted by molar-refractivity contribution is -0.245. The lowest BCUT2D eigenvalue weighted by atomic mass is 9.33. The molecule has 7 heteroatoms. The number of hydrogen-bond acceptors (Lipinski definition) is 6. The molecule has 0 aromatic heterocycles. The van der Waals surface area contributed by atoms with Gasteiger partial charge in [0.2, 0.25) is 0 Å². The fourth-order valence-electron chi connectivity index (χ4n) is 11.7. The summed E-state index contributed by atoms with van der Waals surface area (Å²) in [7, 11) is 0. The number of phenols is 1. The summed E-state index contributed by atoms with van der Waals surface area (Å²) in [5.41, 5.74) is 0.971. The summed E-state index contributed by atoms with van der Waals surface area (Å²) >= 11 is 0. The van der Waals surface area contributed by atoms with E-state index in [2.05, 4.69) is 40.3 Å². The van der Waals surface area contributed by atoms with Gasteiger partial charge in [0.25, 0.3) is 0 Å². The van der Waals surface area contributed by atoms with Crippen molar-refractivity contribution in [2.75, 3.05) is 6.61 Å². The van der Waals surface area contributed by atoms with Crippen molar-refractivity contribution < 1.29 is 34.8 Å². The number of allylic oxidation sites excluding steroid dienone is 3. The number of fused-ring (bicyclic) bond motifs is 7. The number of aliphatic hydroxyl groups excluding tert-OH is 2. The minimum Gasteiger partial charge on any atom is -0.508 e. The molecule has 4 N–H and O–H groups in total. The summed E-state index contributed by atoms with van der Waals surface area (Å²) in [5.74, 6) is -0.780. The molecule has 4 fully saturated rings. The number of carbonyl (C=O) groups excluding carboxylic acids is 1. The lowest BCUT2D eigenvalue weighted by Gasteiger charge is -2.71. The van der Waals surface area contributed by atoms with Crippen LogP contribution in [0.2, 0.25) is 0 Å². The second-order valence-electron chi connectivity index (χ2n) is 16.4. The lowest BCUT2D eigenvalue weighted by Crippen LogP contribution is -2.68. The van der Waals surface area contributed by atoms with E-state index in [1.807, 2.05) is 6.92 Å². The standard InChI is InChI=1S/C39H52O7/c1-23-15-18-39(34(44)45)20-19-37(5)27(32(39)24(23)2)12-13-30-35(3)21-28(41)33(43)36(4,29(35)16-17-38(30,37)6)22-46-31(42)14-9-25-7-10-26(40)11-8-25/h7-12,14,24,28-30,32-33,40-41,43H,1,13,15-22H2,2-6H3,(H,44,45)/b14-9-/t24-,28+,29+,30+,32-,33-,35-,36-,37+,38+,39-/m0/s1. The fraction of sp³-hybridized carbons (Fsp3) is 0.641. The van der Waals surface area contributed by atoms with Crippen molar-refractivity contribution in [1.82, 2.24) is 0 Å². The van der Waals surface area contributed by atoms with E-state index >= 15 is 0 Å². The van der Waals surface area contributed by atoms with E-state index in [-0.39, 0.29) is 52.3 Å². The highest BCUT2D eigenvalue weighted by molar-refractivity contribution is 5.87. The smallest absolute Gasteiger partial charge is 0.330 e. The number of aliphatic carboxylic acids is 1. The molecule has 1 aromatic rings. The zero-order chi connectivity index (χ0) is 33.4. The predicted octanol–water partition coefficient (Wildman–Crippen LogP) is 6.92. The third kappa shape index (κ3) is 4.58. The predicted molar refractivity (Wildman–Crippen MR) is 176 cm³/mol. The Bertz CT molecular complexity index is 1480. The van der Waals surface area contributed by atoms with Crippen molar-refractivity contribution in [3.63, 3.8) is 0 Å². The Labute approximate surface area is 273 Å². The summed E-state index contributed by atoms with van der Waals surface area (Å²) in [6.07, 6.45) is 9.28. The molecule has 46 heavy (non-hydrogen) atoms. The van der Waals surface area contributed by atoms with Gasteiger partial charge in [0.05, 0.1) is 24.2 Å². The molecule has 0 spiro atoms. The number of carboxylic acid groups (broad SMARTS) is 1. The van der Waals surface area contributed by atoms with Crippen LogP contribution in [0.4, 0.5) is 0 Å². The number of hydrogen-bond donors (Lipinski definition) is 4. The molecule has 4 saturated carbocycles. The van der Waals surface area contributed by atoms with Gasteiger partial charge < -0.3 is 25.2 Å². The topological polar surface area (TPSA) is 124 Å². The van der Waals surface area contributed by atoms with Gasteiger partial charge in [0, 0.05) is 17.4 Å². The summed E-state index contributed by atoms with van der Waals surface area (Å²) in [4.78, 5) is 25.8. The van der Waals surface area contributed by atoms with Crippen LogP contribution < -0.4 is 0 Å². The third-order valence-corrected chi connectivity index (χ3v) is 14.6. The number of benzene rings is 1. The van der Waals surface area contributed by atoms with Crippen LogP contribution in [0.5, 0.6) is 5.75 Å². The minimum absolute atomic E-state index is 0.00510. The van der Waals surface area contributed by atoms with Crippen molar-refractivity contribution >= 4 is 18.0 Å². The molecule has 7 nitrogen and oxygen atoms in total. The number of rotatable bonds is 5. The molecule has 0 bridgehead atoms. The molecule has 0 unspecified atom stereocenters. The van der Waals surface area contributed by atoms with Crippen LogP contribution in [0.3, 0.4) is 0 Å². The molecule has 11 atom stereocenters. The van der Waals surface area contributed by atoms with Crippen molar-refractivity contribution in [3.8, 4) is 5.75 Å². The van der Waals surface area contributed by atoms with Crippen LogP contribution in [0.1, 0.15) is 91.5 Å². The first-order valence-corrected chi connectivity index (χ1v) is 17.2. The highest BCUT2D eigenvalue weighted by Crippen LogP contribution is 2.75. The maximum absolute atomic E-state index is 13.0. The number of ether oxygens (including phenoxy) is 1. The summed E-state index contributed by atoms with van der Waals surface area (Å²) in [6.45, 7) is 15.6. The van der Waals surface area contributed by atoms with Crippen LogP contribution in [0.25, 0.3) is 6.08 Å². The molecular formula is C39H52O7. The van der Waals surface area contributed by atoms with E-state index in [9.17, 15) is 30.0 Å². The van der Waals surface area contributed by atoms with Gasteiger partial charge in [-0.2, -0.15) is 0 Å². The number of aromatic hydroxyl groups is 1. The van der Waals surface area contributed by atoms with Crippen LogP contribution in [-0.2, 0) is 14.3 Å². The average Bonchev–Trinajstić information content (AvgIpc) is 3.00. The van der Waals surface area contributed by atoms with E-state index in [0.717, 1.165) is 43.2 Å². The van der Waals surface area contributed by atoms with Crippen molar-refractivity contribution in [1.29, 1.82) is 0 Å². The van der Waals surface area contributed by atoms with E-state index in [1.165, 1.54) is 11.6 Å². The summed E-state index contributed by atoms with van der Waals surface area (Å²) in [6, 6.07) is 6.51. The molecule has 5 aliphatic rings. The Hall–Kier alpha value is -2.90. The first-order valence-electron chi connectivity index (χ1n) is 17.2. The van der Waals surface area contributed by atoms with E-state index < -0.39 is 35.0 Å². The molecule has 1 aromatic carbocycles. The zero-order valence-electron chi connectivity index (χ0n) is 28.1. The van der Waals surface area contributed by atoms with Crippen LogP contribution in [-0.4, -0.2) is 51.2 Å². The molecule has 5 aliphatic carbocycles. The highest BCUT2D eigenvalue weighted by atomic mass is 16.5. The molecule has 0 heterocycles. The largest absolute Gasteiger partial charge is 0.508 e. The highest BCUT2D eigenvalue weighted by Gasteiger charge is 2.70. The summed E-state index contributed by atoms with van der Waals surface area (Å²) < 4.78 is 5.80. The van der Waals surface area contributed by atoms with Gasteiger partial charge >= 0.3 is 11.9 Å². The Kier molecular flexibility index (Phi) is 7.96. The fourth-order valence-corrected chi connectivity index (χ4v) is 11.7. The molecule has 0 saturated heterocycles. The molecule has 0 radical (unpaired) electrons. The van der Waals surface area contributed by atoms with Gasteiger partial charge in [-0.25, -0.2) is 4.79 Å². The maximum atomic E-state index is 13.0. The Balaban J connectivity index is 1.31. The van der Waals surface area contributed by atoms with Crippen molar-refractivity contribution in [2.45, 2.75) is 98.2 Å². The van der Waals surface area contributed by atoms with Crippen molar-refractivity contribution in [2.24, 2.45) is 50.7 Å². The first-order chi connectivity index (χ1) is 21.5. The minimum atomic E-state index is -1.03. The monoisotopic (exact) mass is 632 g/mol. The molecular weight excluding hydrogens is 580 g/mol. The number of aliphatic hydroxyl groups is 2. The van der Waals surface area contributed by atoms with E-state index in [0.29, 0.717) is 19.3 Å². The van der Waals surface area contributed by atoms with Crippen LogP contribution >= 0.6 is 0 Å².